The van der Waals surface area contributed by atoms with Gasteiger partial charge in [-0.1, -0.05) is 15.9 Å². The van der Waals surface area contributed by atoms with Crippen molar-refractivity contribution < 1.29 is 20.1 Å². The van der Waals surface area contributed by atoms with Crippen molar-refractivity contribution >= 4 is 21.8 Å². The van der Waals surface area contributed by atoms with E-state index in [0.29, 0.717) is 6.42 Å². The maximum Gasteiger partial charge on any atom is 0.220 e. The summed E-state index contributed by atoms with van der Waals surface area (Å²) in [6, 6.07) is -0.776. The molecule has 5 N–H and O–H groups in total. The summed E-state index contributed by atoms with van der Waals surface area (Å²) in [7, 11) is 0. The number of aliphatic hydroxyl groups is 3. The molecule has 1 fully saturated rings. The van der Waals surface area contributed by atoms with E-state index in [1.807, 2.05) is 0 Å². The minimum Gasteiger partial charge on any atom is -0.389 e. The summed E-state index contributed by atoms with van der Waals surface area (Å²) in [5, 5.41) is 35.7. The molecule has 0 aromatic carbocycles. The average molecular weight is 339 g/mol. The van der Waals surface area contributed by atoms with Gasteiger partial charge in [0.2, 0.25) is 5.91 Å². The van der Waals surface area contributed by atoms with Crippen LogP contribution in [0.4, 0.5) is 0 Å². The summed E-state index contributed by atoms with van der Waals surface area (Å²) >= 11 is 3.30. The highest BCUT2D eigenvalue weighted by Crippen LogP contribution is 2.15. The minimum absolute atomic E-state index is 0.0665. The topological polar surface area (TPSA) is 102 Å². The lowest BCUT2D eigenvalue weighted by molar-refractivity contribution is -0.124. The van der Waals surface area contributed by atoms with Crippen LogP contribution in [-0.2, 0) is 4.79 Å². The van der Waals surface area contributed by atoms with Crippen molar-refractivity contribution in [1.29, 1.82) is 0 Å². The van der Waals surface area contributed by atoms with Crippen molar-refractivity contribution in [3.8, 4) is 0 Å². The molecule has 0 bridgehead atoms. The van der Waals surface area contributed by atoms with Crippen LogP contribution in [0, 0.1) is 0 Å². The standard InChI is InChI=1S/C12H23BrN2O4/c1-7-10(17)12(19)11(18)8(15-7)6-14-9(16)4-2-3-5-13/h7-8,10-12,15,17-19H,2-6H2,1H3,(H,14,16)/t7-,8+,10+,11+,12+/m0/s1. The average Bonchev–Trinajstić information content (AvgIpc) is 2.39. The van der Waals surface area contributed by atoms with Crippen molar-refractivity contribution in [3.63, 3.8) is 0 Å². The molecule has 1 aliphatic heterocycles. The molecule has 0 saturated carbocycles. The van der Waals surface area contributed by atoms with Gasteiger partial charge < -0.3 is 26.0 Å². The Bertz CT molecular complexity index is 293. The van der Waals surface area contributed by atoms with Crippen LogP contribution in [0.1, 0.15) is 26.2 Å². The lowest BCUT2D eigenvalue weighted by atomic mass is 9.91. The van der Waals surface area contributed by atoms with Crippen LogP contribution in [0.15, 0.2) is 0 Å². The van der Waals surface area contributed by atoms with Crippen LogP contribution in [0.5, 0.6) is 0 Å². The molecule has 0 aromatic rings. The van der Waals surface area contributed by atoms with Gasteiger partial charge in [-0.3, -0.25) is 4.79 Å². The number of aliphatic hydroxyl groups excluding tert-OH is 3. The lowest BCUT2D eigenvalue weighted by Crippen LogP contribution is -2.66. The number of alkyl halides is 1. The van der Waals surface area contributed by atoms with Crippen LogP contribution < -0.4 is 10.6 Å². The number of amides is 1. The summed E-state index contributed by atoms with van der Waals surface area (Å²) in [5.41, 5.74) is 0. The number of carbonyl (C=O) groups is 1. The molecule has 6 nitrogen and oxygen atoms in total. The third-order valence-electron chi connectivity index (χ3n) is 3.41. The van der Waals surface area contributed by atoms with Gasteiger partial charge in [0, 0.05) is 24.3 Å². The Balaban J connectivity index is 2.34. The molecule has 1 aliphatic rings. The van der Waals surface area contributed by atoms with E-state index in [0.717, 1.165) is 18.2 Å². The Kier molecular flexibility index (Phi) is 7.23. The molecule has 0 radical (unpaired) electrons. The largest absolute Gasteiger partial charge is 0.389 e. The third kappa shape index (κ3) is 5.00. The van der Waals surface area contributed by atoms with E-state index in [2.05, 4.69) is 26.6 Å². The number of rotatable bonds is 6. The molecule has 112 valence electrons. The quantitative estimate of drug-likeness (QED) is 0.319. The minimum atomic E-state index is -1.19. The zero-order valence-corrected chi connectivity index (χ0v) is 12.6. The molecule has 1 heterocycles. The van der Waals surface area contributed by atoms with Crippen LogP contribution in [0.3, 0.4) is 0 Å². The van der Waals surface area contributed by atoms with Gasteiger partial charge >= 0.3 is 0 Å². The Morgan fingerprint density at radius 3 is 2.53 bits per heavy atom. The van der Waals surface area contributed by atoms with E-state index in [1.54, 1.807) is 6.92 Å². The normalized spacial score (nSPS) is 35.1. The van der Waals surface area contributed by atoms with Crippen molar-refractivity contribution in [2.24, 2.45) is 0 Å². The molecule has 1 saturated heterocycles. The van der Waals surface area contributed by atoms with E-state index in [-0.39, 0.29) is 18.5 Å². The van der Waals surface area contributed by atoms with Crippen molar-refractivity contribution in [2.45, 2.75) is 56.6 Å². The molecule has 0 unspecified atom stereocenters. The Hall–Kier alpha value is -0.210. The molecular weight excluding hydrogens is 316 g/mol. The van der Waals surface area contributed by atoms with Crippen LogP contribution in [0.25, 0.3) is 0 Å². The van der Waals surface area contributed by atoms with E-state index in [4.69, 9.17) is 0 Å². The molecule has 0 aromatic heterocycles. The predicted octanol–water partition coefficient (Wildman–Crippen LogP) is -0.889. The summed E-state index contributed by atoms with van der Waals surface area (Å²) < 4.78 is 0. The monoisotopic (exact) mass is 338 g/mol. The van der Waals surface area contributed by atoms with Gasteiger partial charge in [0.25, 0.3) is 0 Å². The highest BCUT2D eigenvalue weighted by molar-refractivity contribution is 9.09. The fourth-order valence-electron chi connectivity index (χ4n) is 2.14. The van der Waals surface area contributed by atoms with Gasteiger partial charge in [-0.15, -0.1) is 0 Å². The van der Waals surface area contributed by atoms with E-state index >= 15 is 0 Å². The first-order valence-corrected chi connectivity index (χ1v) is 7.72. The molecule has 7 heteroatoms. The van der Waals surface area contributed by atoms with E-state index in [1.165, 1.54) is 0 Å². The van der Waals surface area contributed by atoms with Gasteiger partial charge in [0.05, 0.1) is 18.2 Å². The van der Waals surface area contributed by atoms with Gasteiger partial charge in [-0.05, 0) is 19.8 Å². The van der Waals surface area contributed by atoms with Gasteiger partial charge in [-0.2, -0.15) is 0 Å². The molecule has 1 rings (SSSR count). The fourth-order valence-corrected chi connectivity index (χ4v) is 2.54. The molecular formula is C12H23BrN2O4. The van der Waals surface area contributed by atoms with Gasteiger partial charge in [0.15, 0.2) is 0 Å². The lowest BCUT2D eigenvalue weighted by Gasteiger charge is -2.40. The number of carbonyl (C=O) groups excluding carboxylic acids is 1. The summed E-state index contributed by atoms with van der Waals surface area (Å²) in [6.45, 7) is 1.97. The predicted molar refractivity (Wildman–Crippen MR) is 75.1 cm³/mol. The Labute approximate surface area is 121 Å². The number of halogens is 1. The number of hydrogen-bond donors (Lipinski definition) is 5. The maximum atomic E-state index is 11.5. The number of unbranched alkanes of at least 4 members (excludes halogenated alkanes) is 1. The number of hydrogen-bond acceptors (Lipinski definition) is 5. The number of nitrogens with one attached hydrogen (secondary N) is 2. The van der Waals surface area contributed by atoms with Crippen molar-refractivity contribution in [3.05, 3.63) is 0 Å². The Morgan fingerprint density at radius 1 is 1.21 bits per heavy atom. The van der Waals surface area contributed by atoms with Gasteiger partial charge in [0.1, 0.15) is 6.10 Å². The van der Waals surface area contributed by atoms with Crippen LogP contribution in [-0.4, -0.2) is 63.5 Å². The second-order valence-corrected chi connectivity index (χ2v) is 5.78. The summed E-state index contributed by atoms with van der Waals surface area (Å²) in [4.78, 5) is 11.5. The second-order valence-electron chi connectivity index (χ2n) is 4.98. The first-order valence-electron chi connectivity index (χ1n) is 6.60. The first kappa shape index (κ1) is 16.8. The third-order valence-corrected chi connectivity index (χ3v) is 3.97. The maximum absolute atomic E-state index is 11.5. The van der Waals surface area contributed by atoms with Crippen molar-refractivity contribution in [1.82, 2.24) is 10.6 Å². The molecule has 0 aliphatic carbocycles. The fraction of sp³-hybridized carbons (Fsp3) is 0.917. The summed E-state index contributed by atoms with van der Waals surface area (Å²) in [6.07, 6.45) is -1.06. The van der Waals surface area contributed by atoms with Gasteiger partial charge in [-0.25, -0.2) is 0 Å². The van der Waals surface area contributed by atoms with E-state index in [9.17, 15) is 20.1 Å². The smallest absolute Gasteiger partial charge is 0.220 e. The SMILES string of the molecule is C[C@@H]1N[C@H](CNC(=O)CCCCBr)[C@@H](O)[C@H](O)[C@@H]1O. The Morgan fingerprint density at radius 2 is 1.89 bits per heavy atom. The highest BCUT2D eigenvalue weighted by atomic mass is 79.9. The highest BCUT2D eigenvalue weighted by Gasteiger charge is 2.40. The summed E-state index contributed by atoms with van der Waals surface area (Å²) in [5.74, 6) is -0.0665. The number of piperidine rings is 1. The van der Waals surface area contributed by atoms with Crippen LogP contribution in [0.2, 0.25) is 0 Å². The zero-order chi connectivity index (χ0) is 14.4. The van der Waals surface area contributed by atoms with E-state index < -0.39 is 24.4 Å². The zero-order valence-electron chi connectivity index (χ0n) is 11.1. The molecule has 5 atom stereocenters. The first-order chi connectivity index (χ1) is 8.97. The molecule has 1 amide bonds. The van der Waals surface area contributed by atoms with Crippen LogP contribution >= 0.6 is 15.9 Å². The van der Waals surface area contributed by atoms with Crippen molar-refractivity contribution in [2.75, 3.05) is 11.9 Å². The molecule has 19 heavy (non-hydrogen) atoms. The second kappa shape index (κ2) is 8.16. The molecule has 0 spiro atoms.